The minimum Gasteiger partial charge on any atom is -0.369 e. The molecule has 0 aromatic carbocycles. The number of aromatic nitrogens is 1. The van der Waals surface area contributed by atoms with Crippen molar-refractivity contribution in [2.24, 2.45) is 5.73 Å². The summed E-state index contributed by atoms with van der Waals surface area (Å²) in [6.45, 7) is 2.22. The van der Waals surface area contributed by atoms with Gasteiger partial charge in [0.05, 0.1) is 6.42 Å². The Bertz CT molecular complexity index is 333. The van der Waals surface area contributed by atoms with Crippen molar-refractivity contribution in [3.8, 4) is 0 Å². The minimum atomic E-state index is -0.306. The molecule has 1 rings (SSSR count). The molecule has 1 heterocycles. The summed E-state index contributed by atoms with van der Waals surface area (Å²) in [6.07, 6.45) is 9.46. The molecule has 17 heavy (non-hydrogen) atoms. The lowest BCUT2D eigenvalue weighted by Gasteiger charge is -2.02. The van der Waals surface area contributed by atoms with E-state index in [4.69, 9.17) is 5.73 Å². The molecule has 0 saturated heterocycles. The monoisotopic (exact) mass is 234 g/mol. The minimum absolute atomic E-state index is 0.282. The third-order valence-electron chi connectivity index (χ3n) is 2.80. The Morgan fingerprint density at radius 1 is 1.24 bits per heavy atom. The van der Waals surface area contributed by atoms with E-state index in [0.29, 0.717) is 0 Å². The fraction of sp³-hybridized carbons (Fsp3) is 0.571. The highest BCUT2D eigenvalue weighted by atomic mass is 16.1. The summed E-state index contributed by atoms with van der Waals surface area (Å²) in [7, 11) is 0. The van der Waals surface area contributed by atoms with Gasteiger partial charge in [-0.05, 0) is 24.5 Å². The zero-order valence-corrected chi connectivity index (χ0v) is 10.6. The number of hydrogen-bond donors (Lipinski definition) is 1. The Morgan fingerprint density at radius 2 is 2.00 bits per heavy atom. The van der Waals surface area contributed by atoms with Crippen LogP contribution in [0.1, 0.15) is 50.3 Å². The number of aryl methyl sites for hydroxylation is 1. The van der Waals surface area contributed by atoms with E-state index in [1.54, 1.807) is 6.20 Å². The van der Waals surface area contributed by atoms with Gasteiger partial charge < -0.3 is 5.73 Å². The molecule has 0 atom stereocenters. The summed E-state index contributed by atoms with van der Waals surface area (Å²) < 4.78 is 0. The van der Waals surface area contributed by atoms with Gasteiger partial charge in [-0.25, -0.2) is 0 Å². The molecule has 94 valence electrons. The smallest absolute Gasteiger partial charge is 0.221 e. The first-order chi connectivity index (χ1) is 8.22. The van der Waals surface area contributed by atoms with Crippen molar-refractivity contribution in [1.29, 1.82) is 0 Å². The molecule has 0 aliphatic heterocycles. The number of rotatable bonds is 8. The molecule has 0 spiro atoms. The Labute approximate surface area is 103 Å². The van der Waals surface area contributed by atoms with Gasteiger partial charge in [0.25, 0.3) is 0 Å². The molecule has 0 unspecified atom stereocenters. The quantitative estimate of drug-likeness (QED) is 0.703. The third-order valence-corrected chi connectivity index (χ3v) is 2.80. The molecule has 3 nitrogen and oxygen atoms in total. The number of primary amides is 1. The Kier molecular flexibility index (Phi) is 6.30. The van der Waals surface area contributed by atoms with Gasteiger partial charge in [0.15, 0.2) is 0 Å². The van der Waals surface area contributed by atoms with Crippen LogP contribution < -0.4 is 5.73 Å². The number of nitrogens with two attached hydrogens (primary N) is 1. The first-order valence-electron chi connectivity index (χ1n) is 6.44. The van der Waals surface area contributed by atoms with Crippen LogP contribution in [0.3, 0.4) is 0 Å². The molecule has 1 amide bonds. The number of carbonyl (C=O) groups excluding carboxylic acids is 1. The predicted molar refractivity (Wildman–Crippen MR) is 69.6 cm³/mol. The fourth-order valence-corrected chi connectivity index (χ4v) is 1.82. The van der Waals surface area contributed by atoms with E-state index in [9.17, 15) is 4.79 Å². The summed E-state index contributed by atoms with van der Waals surface area (Å²) in [4.78, 5) is 15.1. The molecule has 0 aliphatic carbocycles. The second-order valence-electron chi connectivity index (χ2n) is 4.47. The number of amides is 1. The van der Waals surface area contributed by atoms with E-state index in [2.05, 4.69) is 11.9 Å². The van der Waals surface area contributed by atoms with Crippen LogP contribution in [0, 0.1) is 0 Å². The molecule has 2 N–H and O–H groups in total. The Balaban J connectivity index is 2.28. The van der Waals surface area contributed by atoms with Gasteiger partial charge in [-0.15, -0.1) is 0 Å². The van der Waals surface area contributed by atoms with Crippen molar-refractivity contribution in [1.82, 2.24) is 4.98 Å². The highest BCUT2D eigenvalue weighted by molar-refractivity contribution is 5.76. The van der Waals surface area contributed by atoms with Crippen molar-refractivity contribution in [3.63, 3.8) is 0 Å². The first kappa shape index (κ1) is 13.7. The lowest BCUT2D eigenvalue weighted by molar-refractivity contribution is -0.117. The standard InChI is InChI=1S/C14H22N2O/c1-2-3-4-5-6-7-13-9-8-12(11-16-13)10-14(15)17/h8-9,11H,2-7,10H2,1H3,(H2,15,17). The number of hydrogen-bond acceptors (Lipinski definition) is 2. The molecule has 1 aromatic rings. The molecular formula is C14H22N2O. The van der Waals surface area contributed by atoms with E-state index in [0.717, 1.165) is 17.7 Å². The van der Waals surface area contributed by atoms with E-state index in [-0.39, 0.29) is 12.3 Å². The number of unbranched alkanes of at least 4 members (excludes halogenated alkanes) is 4. The summed E-state index contributed by atoms with van der Waals surface area (Å²) >= 11 is 0. The van der Waals surface area contributed by atoms with E-state index >= 15 is 0 Å². The van der Waals surface area contributed by atoms with Crippen LogP contribution in [0.4, 0.5) is 0 Å². The summed E-state index contributed by atoms with van der Waals surface area (Å²) in [5.74, 6) is -0.306. The number of carbonyl (C=O) groups is 1. The fourth-order valence-electron chi connectivity index (χ4n) is 1.82. The third kappa shape index (κ3) is 6.05. The van der Waals surface area contributed by atoms with Crippen LogP contribution in [-0.4, -0.2) is 10.9 Å². The second-order valence-corrected chi connectivity index (χ2v) is 4.47. The van der Waals surface area contributed by atoms with Gasteiger partial charge in [0, 0.05) is 11.9 Å². The predicted octanol–water partition coefficient (Wildman–Crippen LogP) is 2.62. The SMILES string of the molecule is CCCCCCCc1ccc(CC(N)=O)cn1. The lowest BCUT2D eigenvalue weighted by Crippen LogP contribution is -2.13. The normalized spacial score (nSPS) is 10.4. The van der Waals surface area contributed by atoms with E-state index in [1.807, 2.05) is 12.1 Å². The molecule has 0 fully saturated rings. The first-order valence-corrected chi connectivity index (χ1v) is 6.44. The largest absolute Gasteiger partial charge is 0.369 e. The van der Waals surface area contributed by atoms with Crippen LogP contribution in [0.25, 0.3) is 0 Å². The molecule has 0 aliphatic rings. The van der Waals surface area contributed by atoms with Crippen molar-refractivity contribution < 1.29 is 4.79 Å². The molecule has 3 heteroatoms. The zero-order valence-electron chi connectivity index (χ0n) is 10.6. The van der Waals surface area contributed by atoms with Gasteiger partial charge in [-0.2, -0.15) is 0 Å². The molecule has 0 bridgehead atoms. The highest BCUT2D eigenvalue weighted by Gasteiger charge is 2.00. The summed E-state index contributed by atoms with van der Waals surface area (Å²) in [6, 6.07) is 3.94. The topological polar surface area (TPSA) is 56.0 Å². The summed E-state index contributed by atoms with van der Waals surface area (Å²) in [5, 5.41) is 0. The van der Waals surface area contributed by atoms with Gasteiger partial charge in [0.1, 0.15) is 0 Å². The van der Waals surface area contributed by atoms with Crippen molar-refractivity contribution in [2.45, 2.75) is 51.9 Å². The highest BCUT2D eigenvalue weighted by Crippen LogP contribution is 2.08. The van der Waals surface area contributed by atoms with E-state index < -0.39 is 0 Å². The lowest BCUT2D eigenvalue weighted by atomic mass is 10.1. The van der Waals surface area contributed by atoms with Crippen molar-refractivity contribution in [3.05, 3.63) is 29.6 Å². The van der Waals surface area contributed by atoms with Gasteiger partial charge in [-0.3, -0.25) is 9.78 Å². The van der Waals surface area contributed by atoms with Gasteiger partial charge in [-0.1, -0.05) is 38.7 Å². The van der Waals surface area contributed by atoms with Crippen LogP contribution in [0.15, 0.2) is 18.3 Å². The average molecular weight is 234 g/mol. The van der Waals surface area contributed by atoms with Crippen molar-refractivity contribution in [2.75, 3.05) is 0 Å². The molecule has 0 saturated carbocycles. The maximum Gasteiger partial charge on any atom is 0.221 e. The van der Waals surface area contributed by atoms with Crippen LogP contribution in [-0.2, 0) is 17.6 Å². The maximum atomic E-state index is 10.7. The maximum absolute atomic E-state index is 10.7. The number of pyridine rings is 1. The van der Waals surface area contributed by atoms with Crippen LogP contribution in [0.2, 0.25) is 0 Å². The molecular weight excluding hydrogens is 212 g/mol. The van der Waals surface area contributed by atoms with E-state index in [1.165, 1.54) is 32.1 Å². The molecule has 1 aromatic heterocycles. The van der Waals surface area contributed by atoms with Crippen molar-refractivity contribution >= 4 is 5.91 Å². The Morgan fingerprint density at radius 3 is 2.59 bits per heavy atom. The zero-order chi connectivity index (χ0) is 12.5. The number of nitrogens with zero attached hydrogens (tertiary/aromatic N) is 1. The second kappa shape index (κ2) is 7.82. The Hall–Kier alpha value is -1.38. The summed E-state index contributed by atoms with van der Waals surface area (Å²) in [5.41, 5.74) is 7.12. The van der Waals surface area contributed by atoms with Gasteiger partial charge >= 0.3 is 0 Å². The average Bonchev–Trinajstić information content (AvgIpc) is 2.30. The van der Waals surface area contributed by atoms with Crippen LogP contribution in [0.5, 0.6) is 0 Å². The molecule has 0 radical (unpaired) electrons. The van der Waals surface area contributed by atoms with Gasteiger partial charge in [0.2, 0.25) is 5.91 Å². The van der Waals surface area contributed by atoms with Crippen LogP contribution >= 0.6 is 0 Å².